The Labute approximate surface area is 112 Å². The van der Waals surface area contributed by atoms with Gasteiger partial charge in [0.05, 0.1) is 5.56 Å². The zero-order chi connectivity index (χ0) is 12.0. The van der Waals surface area contributed by atoms with Crippen LogP contribution >= 0.6 is 31.9 Å². The number of rotatable bonds is 5. The second kappa shape index (κ2) is 7.01. The maximum atomic E-state index is 11.7. The third-order valence-electron chi connectivity index (χ3n) is 2.05. The van der Waals surface area contributed by atoms with E-state index in [-0.39, 0.29) is 5.91 Å². The van der Waals surface area contributed by atoms with Crippen molar-refractivity contribution < 1.29 is 4.79 Å². The zero-order valence-corrected chi connectivity index (χ0v) is 12.2. The summed E-state index contributed by atoms with van der Waals surface area (Å²) in [7, 11) is 0. The van der Waals surface area contributed by atoms with E-state index in [0.717, 1.165) is 17.3 Å². The van der Waals surface area contributed by atoms with Crippen molar-refractivity contribution in [1.29, 1.82) is 0 Å². The number of halogens is 2. The van der Waals surface area contributed by atoms with E-state index in [9.17, 15) is 4.79 Å². The Balaban J connectivity index is 2.47. The summed E-state index contributed by atoms with van der Waals surface area (Å²) in [6, 6.07) is 1.76. The van der Waals surface area contributed by atoms with Crippen molar-refractivity contribution in [2.45, 2.75) is 24.6 Å². The molecule has 1 heterocycles. The van der Waals surface area contributed by atoms with Gasteiger partial charge in [-0.3, -0.25) is 9.78 Å². The average molecular weight is 350 g/mol. The molecule has 1 amide bonds. The van der Waals surface area contributed by atoms with Gasteiger partial charge in [-0.25, -0.2) is 0 Å². The first-order chi connectivity index (χ1) is 7.63. The number of nitrogens with one attached hydrogen (secondary N) is 1. The number of pyridine rings is 1. The van der Waals surface area contributed by atoms with Crippen LogP contribution in [0.25, 0.3) is 0 Å². The molecule has 0 radical (unpaired) electrons. The molecule has 0 aliphatic heterocycles. The molecular formula is C11H14Br2N2O. The molecule has 1 unspecified atom stereocenters. The minimum Gasteiger partial charge on any atom is -0.351 e. The topological polar surface area (TPSA) is 42.0 Å². The van der Waals surface area contributed by atoms with Crippen molar-refractivity contribution in [3.05, 3.63) is 28.5 Å². The molecule has 0 aliphatic carbocycles. The van der Waals surface area contributed by atoms with Crippen LogP contribution in [-0.4, -0.2) is 22.3 Å². The van der Waals surface area contributed by atoms with Crippen molar-refractivity contribution in [2.24, 2.45) is 0 Å². The van der Waals surface area contributed by atoms with Crippen LogP contribution in [0.15, 0.2) is 22.9 Å². The Kier molecular flexibility index (Phi) is 5.98. The maximum Gasteiger partial charge on any atom is 0.252 e. The van der Waals surface area contributed by atoms with E-state index in [1.165, 1.54) is 0 Å². The molecule has 0 saturated heterocycles. The first-order valence-corrected chi connectivity index (χ1v) is 6.87. The summed E-state index contributed by atoms with van der Waals surface area (Å²) in [5, 5.41) is 2.86. The first kappa shape index (κ1) is 13.6. The van der Waals surface area contributed by atoms with Crippen molar-refractivity contribution in [3.63, 3.8) is 0 Å². The number of alkyl halides is 1. The van der Waals surface area contributed by atoms with Gasteiger partial charge >= 0.3 is 0 Å². The minimum atomic E-state index is -0.0886. The van der Waals surface area contributed by atoms with Crippen LogP contribution in [0.4, 0.5) is 0 Å². The lowest BCUT2D eigenvalue weighted by Gasteiger charge is -2.09. The molecule has 1 aromatic rings. The lowest BCUT2D eigenvalue weighted by Crippen LogP contribution is -2.29. The van der Waals surface area contributed by atoms with Gasteiger partial charge in [0.15, 0.2) is 0 Å². The average Bonchev–Trinajstić information content (AvgIpc) is 2.26. The summed E-state index contributed by atoms with van der Waals surface area (Å²) in [5.74, 6) is -0.0886. The van der Waals surface area contributed by atoms with Crippen LogP contribution in [0.2, 0.25) is 0 Å². The molecule has 88 valence electrons. The van der Waals surface area contributed by atoms with E-state index in [1.54, 1.807) is 18.5 Å². The fourth-order valence-corrected chi connectivity index (χ4v) is 2.24. The lowest BCUT2D eigenvalue weighted by atomic mass is 10.2. The second-order valence-corrected chi connectivity index (χ2v) is 5.70. The van der Waals surface area contributed by atoms with Crippen molar-refractivity contribution in [1.82, 2.24) is 10.3 Å². The van der Waals surface area contributed by atoms with Gasteiger partial charge in [-0.05, 0) is 28.4 Å². The molecule has 0 bridgehead atoms. The van der Waals surface area contributed by atoms with Gasteiger partial charge < -0.3 is 5.32 Å². The quantitative estimate of drug-likeness (QED) is 0.830. The molecule has 1 rings (SSSR count). The van der Waals surface area contributed by atoms with Gasteiger partial charge in [-0.15, -0.1) is 0 Å². The van der Waals surface area contributed by atoms with Crippen LogP contribution in [0, 0.1) is 0 Å². The second-order valence-electron chi connectivity index (χ2n) is 3.49. The van der Waals surface area contributed by atoms with Crippen LogP contribution < -0.4 is 5.32 Å². The number of carbonyl (C=O) groups is 1. The number of carbonyl (C=O) groups excluding carboxylic acids is 1. The lowest BCUT2D eigenvalue weighted by molar-refractivity contribution is 0.0953. The zero-order valence-electron chi connectivity index (χ0n) is 9.04. The predicted molar refractivity (Wildman–Crippen MR) is 71.9 cm³/mol. The monoisotopic (exact) mass is 348 g/mol. The van der Waals surface area contributed by atoms with Gasteiger partial charge in [-0.1, -0.05) is 29.3 Å². The van der Waals surface area contributed by atoms with Crippen LogP contribution in [0.1, 0.15) is 30.1 Å². The molecule has 0 aromatic carbocycles. The van der Waals surface area contributed by atoms with Gasteiger partial charge in [0, 0.05) is 28.2 Å². The third-order valence-corrected chi connectivity index (χ3v) is 3.27. The van der Waals surface area contributed by atoms with Gasteiger partial charge in [0.2, 0.25) is 0 Å². The Bertz CT molecular complexity index is 358. The SMILES string of the molecule is CCCC(Br)CNC(=O)c1cncc(Br)c1. The van der Waals surface area contributed by atoms with Crippen LogP contribution in [0.5, 0.6) is 0 Å². The Morgan fingerprint density at radius 2 is 2.31 bits per heavy atom. The number of nitrogens with zero attached hydrogens (tertiary/aromatic N) is 1. The number of hydrogen-bond acceptors (Lipinski definition) is 2. The molecule has 1 atom stereocenters. The molecule has 0 spiro atoms. The summed E-state index contributed by atoms with van der Waals surface area (Å²) >= 11 is 6.80. The number of hydrogen-bond donors (Lipinski definition) is 1. The van der Waals surface area contributed by atoms with E-state index in [2.05, 4.69) is 49.1 Å². The van der Waals surface area contributed by atoms with E-state index in [0.29, 0.717) is 16.9 Å². The molecule has 5 heteroatoms. The summed E-state index contributed by atoms with van der Waals surface area (Å²) in [4.78, 5) is 16.0. The maximum absolute atomic E-state index is 11.7. The fourth-order valence-electron chi connectivity index (χ4n) is 1.26. The molecule has 1 aromatic heterocycles. The molecule has 0 saturated carbocycles. The van der Waals surface area contributed by atoms with E-state index in [1.807, 2.05) is 0 Å². The van der Waals surface area contributed by atoms with E-state index in [4.69, 9.17) is 0 Å². The van der Waals surface area contributed by atoms with Crippen LogP contribution in [0.3, 0.4) is 0 Å². The van der Waals surface area contributed by atoms with Gasteiger partial charge in [-0.2, -0.15) is 0 Å². The molecular weight excluding hydrogens is 336 g/mol. The minimum absolute atomic E-state index is 0.0886. The largest absolute Gasteiger partial charge is 0.351 e. The molecule has 0 aliphatic rings. The highest BCUT2D eigenvalue weighted by atomic mass is 79.9. The molecule has 3 nitrogen and oxygen atoms in total. The predicted octanol–water partition coefficient (Wildman–Crippen LogP) is 3.14. The first-order valence-electron chi connectivity index (χ1n) is 5.16. The Hall–Kier alpha value is -0.420. The molecule has 0 fully saturated rings. The van der Waals surface area contributed by atoms with Gasteiger partial charge in [0.1, 0.15) is 0 Å². The van der Waals surface area contributed by atoms with E-state index < -0.39 is 0 Å². The van der Waals surface area contributed by atoms with Crippen LogP contribution in [-0.2, 0) is 0 Å². The van der Waals surface area contributed by atoms with Crippen molar-refractivity contribution >= 4 is 37.8 Å². The number of aromatic nitrogens is 1. The highest BCUT2D eigenvalue weighted by molar-refractivity contribution is 9.10. The highest BCUT2D eigenvalue weighted by Gasteiger charge is 2.08. The third kappa shape index (κ3) is 4.61. The Morgan fingerprint density at radius 1 is 1.56 bits per heavy atom. The molecule has 1 N–H and O–H groups in total. The standard InChI is InChI=1S/C11H14Br2N2O/c1-2-3-9(12)7-15-11(16)8-4-10(13)6-14-5-8/h4-6,9H,2-3,7H2,1H3,(H,15,16). The van der Waals surface area contributed by atoms with Crippen molar-refractivity contribution in [3.8, 4) is 0 Å². The summed E-state index contributed by atoms with van der Waals surface area (Å²) in [6.07, 6.45) is 5.37. The van der Waals surface area contributed by atoms with Gasteiger partial charge in [0.25, 0.3) is 5.91 Å². The fraction of sp³-hybridized carbons (Fsp3) is 0.455. The molecule has 16 heavy (non-hydrogen) atoms. The summed E-state index contributed by atoms with van der Waals surface area (Å²) in [6.45, 7) is 2.76. The van der Waals surface area contributed by atoms with Crippen molar-refractivity contribution in [2.75, 3.05) is 6.54 Å². The smallest absolute Gasteiger partial charge is 0.252 e. The highest BCUT2D eigenvalue weighted by Crippen LogP contribution is 2.10. The number of amides is 1. The van der Waals surface area contributed by atoms with E-state index >= 15 is 0 Å². The Morgan fingerprint density at radius 3 is 2.94 bits per heavy atom. The normalized spacial score (nSPS) is 12.2. The summed E-state index contributed by atoms with van der Waals surface area (Å²) in [5.41, 5.74) is 0.575. The summed E-state index contributed by atoms with van der Waals surface area (Å²) < 4.78 is 0.809.